The van der Waals surface area contributed by atoms with Crippen LogP contribution >= 0.6 is 0 Å². The number of carbonyl (C=O) groups is 1. The van der Waals surface area contributed by atoms with E-state index in [2.05, 4.69) is 45.4 Å². The first-order valence-corrected chi connectivity index (χ1v) is 11.9. The molecule has 0 bridgehead atoms. The van der Waals surface area contributed by atoms with Gasteiger partial charge in [-0.2, -0.15) is 5.10 Å². The number of rotatable bonds is 6. The fraction of sp³-hybridized carbons (Fsp3) is 0.333. The fourth-order valence-corrected chi connectivity index (χ4v) is 4.71. The largest absolute Gasteiger partial charge is 0.495 e. The van der Waals surface area contributed by atoms with E-state index in [9.17, 15) is 4.79 Å². The summed E-state index contributed by atoms with van der Waals surface area (Å²) in [6.45, 7) is 5.27. The van der Waals surface area contributed by atoms with Crippen LogP contribution in [0.5, 0.6) is 5.75 Å². The summed E-state index contributed by atoms with van der Waals surface area (Å²) in [5, 5.41) is 4.52. The van der Waals surface area contributed by atoms with Gasteiger partial charge in [0, 0.05) is 51.0 Å². The second kappa shape index (κ2) is 10.1. The molecule has 0 saturated carbocycles. The van der Waals surface area contributed by atoms with Gasteiger partial charge in [0.25, 0.3) is 0 Å². The van der Waals surface area contributed by atoms with Gasteiger partial charge in [-0.25, -0.2) is 4.68 Å². The summed E-state index contributed by atoms with van der Waals surface area (Å²) in [5.74, 6) is 1.10. The molecule has 7 nitrogen and oxygen atoms in total. The second-order valence-electron chi connectivity index (χ2n) is 8.76. The predicted molar refractivity (Wildman–Crippen MR) is 134 cm³/mol. The average Bonchev–Trinajstić information content (AvgIpc) is 3.40. The highest BCUT2D eigenvalue weighted by molar-refractivity contribution is 5.79. The number of carbonyl (C=O) groups excluding carboxylic acids is 1. The van der Waals surface area contributed by atoms with E-state index < -0.39 is 0 Å². The fourth-order valence-electron chi connectivity index (χ4n) is 4.71. The van der Waals surface area contributed by atoms with E-state index in [0.29, 0.717) is 6.54 Å². The summed E-state index contributed by atoms with van der Waals surface area (Å²) in [6, 6.07) is 18.2. The molecule has 0 spiro atoms. The molecule has 1 fully saturated rings. The molecule has 2 aromatic carbocycles. The van der Waals surface area contributed by atoms with Crippen molar-refractivity contribution in [3.63, 3.8) is 0 Å². The van der Waals surface area contributed by atoms with Crippen LogP contribution in [0.4, 0.5) is 5.69 Å². The molecule has 0 N–H and O–H groups in total. The third kappa shape index (κ3) is 4.84. The third-order valence-corrected chi connectivity index (χ3v) is 6.68. The Morgan fingerprint density at radius 3 is 2.47 bits per heavy atom. The topological polar surface area (TPSA) is 53.8 Å². The number of hydrogen-bond donors (Lipinski definition) is 0. The number of methoxy groups -OCH3 is 1. The molecular weight excluding hydrogens is 426 g/mol. The van der Waals surface area contributed by atoms with Crippen LogP contribution in [0.3, 0.4) is 0 Å². The van der Waals surface area contributed by atoms with Gasteiger partial charge in [0.15, 0.2) is 0 Å². The van der Waals surface area contributed by atoms with E-state index in [1.807, 2.05) is 52.2 Å². The molecule has 0 atom stereocenters. The Kier molecular flexibility index (Phi) is 6.62. The van der Waals surface area contributed by atoms with Gasteiger partial charge in [0.2, 0.25) is 5.91 Å². The van der Waals surface area contributed by atoms with Crippen LogP contribution in [0, 0.1) is 0 Å². The first kappa shape index (κ1) is 22.2. The quantitative estimate of drug-likeness (QED) is 0.569. The molecule has 0 unspecified atom stereocenters. The zero-order chi connectivity index (χ0) is 23.3. The summed E-state index contributed by atoms with van der Waals surface area (Å²) >= 11 is 0. The average molecular weight is 458 g/mol. The van der Waals surface area contributed by atoms with Gasteiger partial charge in [-0.3, -0.25) is 9.69 Å². The number of piperazine rings is 1. The van der Waals surface area contributed by atoms with Crippen LogP contribution in [0.2, 0.25) is 0 Å². The molecule has 2 aliphatic rings. The molecule has 1 amide bonds. The Morgan fingerprint density at radius 1 is 0.971 bits per heavy atom. The number of ether oxygens (including phenoxy) is 1. The van der Waals surface area contributed by atoms with Crippen LogP contribution in [0.15, 0.2) is 73.1 Å². The van der Waals surface area contributed by atoms with E-state index in [1.165, 1.54) is 5.57 Å². The minimum absolute atomic E-state index is 0.216. The second-order valence-corrected chi connectivity index (χ2v) is 8.76. The lowest BCUT2D eigenvalue weighted by atomic mass is 10.0. The molecule has 0 aliphatic carbocycles. The molecular formula is C27H31N5O2. The van der Waals surface area contributed by atoms with Gasteiger partial charge in [-0.15, -0.1) is 0 Å². The van der Waals surface area contributed by atoms with E-state index in [4.69, 9.17) is 4.74 Å². The van der Waals surface area contributed by atoms with Crippen LogP contribution in [-0.4, -0.2) is 78.4 Å². The molecule has 1 aromatic heterocycles. The van der Waals surface area contributed by atoms with E-state index in [-0.39, 0.29) is 5.91 Å². The van der Waals surface area contributed by atoms with Crippen molar-refractivity contribution in [1.82, 2.24) is 19.6 Å². The summed E-state index contributed by atoms with van der Waals surface area (Å²) in [6.07, 6.45) is 7.18. The van der Waals surface area contributed by atoms with Crippen molar-refractivity contribution in [2.24, 2.45) is 0 Å². The number of anilines is 1. The standard InChI is InChI=1S/C27H31N5O2/c1-34-26-10-6-5-9-25(26)30-15-17-31(18-16-30)27(33)21-29-13-11-22(12-14-29)23-19-28-32(20-23)24-7-3-2-4-8-24/h2-11,19-20H,12-18,21H2,1H3. The highest BCUT2D eigenvalue weighted by Crippen LogP contribution is 2.28. The molecule has 34 heavy (non-hydrogen) atoms. The van der Waals surface area contributed by atoms with Crippen LogP contribution < -0.4 is 9.64 Å². The number of hydrogen-bond acceptors (Lipinski definition) is 5. The van der Waals surface area contributed by atoms with Crippen molar-refractivity contribution in [2.45, 2.75) is 6.42 Å². The smallest absolute Gasteiger partial charge is 0.236 e. The SMILES string of the molecule is COc1ccccc1N1CCN(C(=O)CN2CC=C(c3cnn(-c4ccccc4)c3)CC2)CC1. The molecule has 7 heteroatoms. The van der Waals surface area contributed by atoms with E-state index in [0.717, 1.165) is 68.4 Å². The number of benzene rings is 2. The van der Waals surface area contributed by atoms with E-state index >= 15 is 0 Å². The Labute approximate surface area is 200 Å². The van der Waals surface area contributed by atoms with Gasteiger partial charge < -0.3 is 14.5 Å². The van der Waals surface area contributed by atoms with Gasteiger partial charge in [0.1, 0.15) is 5.75 Å². The molecule has 176 valence electrons. The maximum absolute atomic E-state index is 13.0. The summed E-state index contributed by atoms with van der Waals surface area (Å²) in [4.78, 5) is 19.5. The molecule has 3 heterocycles. The first-order valence-electron chi connectivity index (χ1n) is 11.9. The highest BCUT2D eigenvalue weighted by atomic mass is 16.5. The van der Waals surface area contributed by atoms with Gasteiger partial charge >= 0.3 is 0 Å². The van der Waals surface area contributed by atoms with Crippen molar-refractivity contribution < 1.29 is 9.53 Å². The van der Waals surface area contributed by atoms with Crippen LogP contribution in [0.25, 0.3) is 11.3 Å². The van der Waals surface area contributed by atoms with Crippen molar-refractivity contribution >= 4 is 17.2 Å². The lowest BCUT2D eigenvalue weighted by molar-refractivity contribution is -0.132. The lowest BCUT2D eigenvalue weighted by Gasteiger charge is -2.37. The zero-order valence-electron chi connectivity index (χ0n) is 19.6. The summed E-state index contributed by atoms with van der Waals surface area (Å²) in [5.41, 5.74) is 4.61. The minimum atomic E-state index is 0.216. The van der Waals surface area contributed by atoms with Crippen LogP contribution in [0.1, 0.15) is 12.0 Å². The Hall–Kier alpha value is -3.58. The predicted octanol–water partition coefficient (Wildman–Crippen LogP) is 3.32. The van der Waals surface area contributed by atoms with Gasteiger partial charge in [-0.05, 0) is 36.3 Å². The van der Waals surface area contributed by atoms with Crippen molar-refractivity contribution in [3.05, 3.63) is 78.6 Å². The highest BCUT2D eigenvalue weighted by Gasteiger charge is 2.25. The Morgan fingerprint density at radius 2 is 1.74 bits per heavy atom. The van der Waals surface area contributed by atoms with Crippen molar-refractivity contribution in [2.75, 3.05) is 57.8 Å². The zero-order valence-corrected chi connectivity index (χ0v) is 19.6. The molecule has 2 aliphatic heterocycles. The number of amides is 1. The molecule has 5 rings (SSSR count). The molecule has 3 aromatic rings. The Bertz CT molecular complexity index is 1150. The van der Waals surface area contributed by atoms with Gasteiger partial charge in [0.05, 0.1) is 31.2 Å². The summed E-state index contributed by atoms with van der Waals surface area (Å²) in [7, 11) is 1.70. The number of aromatic nitrogens is 2. The number of nitrogens with zero attached hydrogens (tertiary/aromatic N) is 5. The van der Waals surface area contributed by atoms with Crippen LogP contribution in [-0.2, 0) is 4.79 Å². The molecule has 1 saturated heterocycles. The minimum Gasteiger partial charge on any atom is -0.495 e. The maximum atomic E-state index is 13.0. The van der Waals surface area contributed by atoms with Gasteiger partial charge in [-0.1, -0.05) is 36.4 Å². The lowest BCUT2D eigenvalue weighted by Crippen LogP contribution is -2.51. The third-order valence-electron chi connectivity index (χ3n) is 6.68. The summed E-state index contributed by atoms with van der Waals surface area (Å²) < 4.78 is 7.41. The van der Waals surface area contributed by atoms with E-state index in [1.54, 1.807) is 7.11 Å². The number of para-hydroxylation sites is 3. The first-order chi connectivity index (χ1) is 16.7. The Balaban J connectivity index is 1.13. The maximum Gasteiger partial charge on any atom is 0.236 e. The monoisotopic (exact) mass is 457 g/mol. The van der Waals surface area contributed by atoms with Crippen molar-refractivity contribution in [3.8, 4) is 11.4 Å². The van der Waals surface area contributed by atoms with Crippen molar-refractivity contribution in [1.29, 1.82) is 0 Å². The normalized spacial score (nSPS) is 16.9. The molecule has 0 radical (unpaired) electrons.